The molecule has 80 valence electrons. The third-order valence-corrected chi connectivity index (χ3v) is 2.27. The first-order valence-electron chi connectivity index (χ1n) is 5.02. The minimum atomic E-state index is -0.412. The predicted octanol–water partition coefficient (Wildman–Crippen LogP) is 3.14. The lowest BCUT2D eigenvalue weighted by Crippen LogP contribution is -2.02. The molecule has 0 aliphatic carbocycles. The van der Waals surface area contributed by atoms with Gasteiger partial charge in [0, 0.05) is 5.92 Å². The second kappa shape index (κ2) is 5.41. The van der Waals surface area contributed by atoms with Crippen LogP contribution in [0.4, 0.5) is 4.39 Å². The van der Waals surface area contributed by atoms with Gasteiger partial charge in [-0.05, 0) is 18.6 Å². The van der Waals surface area contributed by atoms with Crippen LogP contribution in [0.15, 0.2) is 18.2 Å². The van der Waals surface area contributed by atoms with Crippen LogP contribution in [0, 0.1) is 12.3 Å². The Morgan fingerprint density at radius 3 is 2.80 bits per heavy atom. The molecule has 0 saturated heterocycles. The van der Waals surface area contributed by atoms with Gasteiger partial charge in [-0.2, -0.15) is 0 Å². The van der Waals surface area contributed by atoms with Gasteiger partial charge in [0.05, 0.1) is 18.8 Å². The summed E-state index contributed by atoms with van der Waals surface area (Å²) in [5, 5.41) is 0. The van der Waals surface area contributed by atoms with Gasteiger partial charge in [-0.3, -0.25) is 4.39 Å². The molecule has 0 saturated carbocycles. The average molecular weight is 206 g/mol. The topological polar surface area (TPSA) is 9.23 Å². The Labute approximate surface area is 90.3 Å². The molecule has 0 aromatic heterocycles. The van der Waals surface area contributed by atoms with Gasteiger partial charge in [0.25, 0.3) is 0 Å². The summed E-state index contributed by atoms with van der Waals surface area (Å²) in [7, 11) is 0. The normalized spacial score (nSPS) is 11.9. The molecule has 1 rings (SSSR count). The number of alkyl halides is 1. The molecule has 0 amide bonds. The lowest BCUT2D eigenvalue weighted by atomic mass is 9.96. The van der Waals surface area contributed by atoms with Gasteiger partial charge in [-0.15, -0.1) is 6.42 Å². The fraction of sp³-hybridized carbons (Fsp3) is 0.385. The van der Waals surface area contributed by atoms with Crippen LogP contribution in [0.25, 0.3) is 0 Å². The molecule has 1 atom stereocenters. The van der Waals surface area contributed by atoms with Crippen LogP contribution in [0.2, 0.25) is 0 Å². The highest BCUT2D eigenvalue weighted by Gasteiger charge is 2.12. The van der Waals surface area contributed by atoms with E-state index in [2.05, 4.69) is 5.92 Å². The fourth-order valence-corrected chi connectivity index (χ4v) is 1.47. The molecule has 0 N–H and O–H groups in total. The van der Waals surface area contributed by atoms with Crippen molar-refractivity contribution >= 4 is 0 Å². The minimum absolute atomic E-state index is 0.184. The summed E-state index contributed by atoms with van der Waals surface area (Å²) in [5.74, 6) is 3.05. The number of benzene rings is 1. The van der Waals surface area contributed by atoms with E-state index in [1.165, 1.54) is 0 Å². The van der Waals surface area contributed by atoms with Crippen LogP contribution in [0.5, 0.6) is 5.75 Å². The molecule has 0 heterocycles. The van der Waals surface area contributed by atoms with E-state index in [4.69, 9.17) is 11.2 Å². The molecular formula is C13H15FO. The van der Waals surface area contributed by atoms with Crippen molar-refractivity contribution in [1.29, 1.82) is 0 Å². The highest BCUT2D eigenvalue weighted by molar-refractivity contribution is 5.51. The number of terminal acetylenes is 1. The molecular weight excluding hydrogens is 191 g/mol. The first-order chi connectivity index (χ1) is 7.24. The summed E-state index contributed by atoms with van der Waals surface area (Å²) in [6.07, 6.45) is 5.42. The number of hydrogen-bond donors (Lipinski definition) is 0. The largest absolute Gasteiger partial charge is 0.493 e. The van der Waals surface area contributed by atoms with E-state index in [9.17, 15) is 4.39 Å². The van der Waals surface area contributed by atoms with E-state index in [0.29, 0.717) is 17.9 Å². The van der Waals surface area contributed by atoms with E-state index in [1.54, 1.807) is 0 Å². The molecule has 0 radical (unpaired) electrons. The Hall–Kier alpha value is -1.49. The molecule has 15 heavy (non-hydrogen) atoms. The molecule has 0 bridgehead atoms. The maximum Gasteiger partial charge on any atom is 0.135 e. The maximum atomic E-state index is 12.6. The van der Waals surface area contributed by atoms with E-state index in [1.807, 2.05) is 32.0 Å². The Balaban J connectivity index is 3.17. The van der Waals surface area contributed by atoms with Gasteiger partial charge in [0.1, 0.15) is 5.75 Å². The molecule has 1 aromatic rings. The van der Waals surface area contributed by atoms with Gasteiger partial charge in [0.15, 0.2) is 0 Å². The summed E-state index contributed by atoms with van der Waals surface area (Å²) in [6, 6.07) is 5.50. The third kappa shape index (κ3) is 2.50. The fourth-order valence-electron chi connectivity index (χ4n) is 1.47. The Bertz CT molecular complexity index is 365. The monoisotopic (exact) mass is 206 g/mol. The maximum absolute atomic E-state index is 12.6. The van der Waals surface area contributed by atoms with Gasteiger partial charge in [0.2, 0.25) is 0 Å². The number of ether oxygens (including phenoxy) is 1. The van der Waals surface area contributed by atoms with Crippen molar-refractivity contribution in [2.75, 3.05) is 13.3 Å². The molecule has 0 spiro atoms. The van der Waals surface area contributed by atoms with Crippen molar-refractivity contribution in [3.05, 3.63) is 29.3 Å². The van der Waals surface area contributed by atoms with Gasteiger partial charge < -0.3 is 4.74 Å². The lowest BCUT2D eigenvalue weighted by molar-refractivity contribution is 0.338. The molecule has 0 aliphatic heterocycles. The van der Waals surface area contributed by atoms with Gasteiger partial charge in [-0.1, -0.05) is 25.0 Å². The molecule has 1 unspecified atom stereocenters. The van der Waals surface area contributed by atoms with E-state index < -0.39 is 6.67 Å². The summed E-state index contributed by atoms with van der Waals surface area (Å²) in [5.41, 5.74) is 1.51. The zero-order chi connectivity index (χ0) is 11.3. The Kier molecular flexibility index (Phi) is 4.17. The van der Waals surface area contributed by atoms with Gasteiger partial charge >= 0.3 is 0 Å². The van der Waals surface area contributed by atoms with Crippen LogP contribution >= 0.6 is 0 Å². The molecule has 0 aliphatic rings. The first kappa shape index (κ1) is 11.6. The zero-order valence-electron chi connectivity index (χ0n) is 9.09. The van der Waals surface area contributed by atoms with Crippen LogP contribution in [-0.2, 0) is 0 Å². The smallest absolute Gasteiger partial charge is 0.135 e. The SMILES string of the molecule is C#Cc1c(OCC)cccc1C(C)CF. The summed E-state index contributed by atoms with van der Waals surface area (Å²) in [4.78, 5) is 0. The lowest BCUT2D eigenvalue weighted by Gasteiger charge is -2.13. The van der Waals surface area contributed by atoms with Crippen LogP contribution in [0.1, 0.15) is 30.9 Å². The van der Waals surface area contributed by atoms with Gasteiger partial charge in [-0.25, -0.2) is 0 Å². The van der Waals surface area contributed by atoms with Crippen LogP contribution < -0.4 is 4.74 Å². The summed E-state index contributed by atoms with van der Waals surface area (Å²) < 4.78 is 18.0. The highest BCUT2D eigenvalue weighted by atomic mass is 19.1. The van der Waals surface area contributed by atoms with E-state index >= 15 is 0 Å². The quantitative estimate of drug-likeness (QED) is 0.688. The highest BCUT2D eigenvalue weighted by Crippen LogP contribution is 2.27. The van der Waals surface area contributed by atoms with E-state index in [0.717, 1.165) is 5.56 Å². The van der Waals surface area contributed by atoms with Crippen LogP contribution in [-0.4, -0.2) is 13.3 Å². The van der Waals surface area contributed by atoms with Crippen molar-refractivity contribution in [2.45, 2.75) is 19.8 Å². The predicted molar refractivity (Wildman–Crippen MR) is 59.9 cm³/mol. The second-order valence-corrected chi connectivity index (χ2v) is 3.35. The third-order valence-electron chi connectivity index (χ3n) is 2.27. The second-order valence-electron chi connectivity index (χ2n) is 3.35. The Morgan fingerprint density at radius 2 is 2.27 bits per heavy atom. The van der Waals surface area contributed by atoms with Crippen molar-refractivity contribution in [1.82, 2.24) is 0 Å². The minimum Gasteiger partial charge on any atom is -0.493 e. The Morgan fingerprint density at radius 1 is 1.53 bits per heavy atom. The van der Waals surface area contributed by atoms with Crippen molar-refractivity contribution in [2.24, 2.45) is 0 Å². The molecule has 1 aromatic carbocycles. The molecule has 1 nitrogen and oxygen atoms in total. The average Bonchev–Trinajstić information content (AvgIpc) is 2.28. The standard InChI is InChI=1S/C13H15FO/c1-4-11-12(10(3)9-14)7-6-8-13(11)15-5-2/h1,6-8,10H,5,9H2,2-3H3. The number of rotatable bonds is 4. The number of hydrogen-bond acceptors (Lipinski definition) is 1. The molecule has 2 heteroatoms. The first-order valence-corrected chi connectivity index (χ1v) is 5.02. The van der Waals surface area contributed by atoms with Crippen molar-refractivity contribution in [3.8, 4) is 18.1 Å². The summed E-state index contributed by atoms with van der Waals surface area (Å²) >= 11 is 0. The van der Waals surface area contributed by atoms with Crippen molar-refractivity contribution < 1.29 is 9.13 Å². The van der Waals surface area contributed by atoms with E-state index in [-0.39, 0.29) is 5.92 Å². The molecule has 0 fully saturated rings. The summed E-state index contributed by atoms with van der Waals surface area (Å²) in [6.45, 7) is 3.85. The number of halogens is 1. The van der Waals surface area contributed by atoms with Crippen LogP contribution in [0.3, 0.4) is 0 Å². The van der Waals surface area contributed by atoms with Crippen molar-refractivity contribution in [3.63, 3.8) is 0 Å². The zero-order valence-corrected chi connectivity index (χ0v) is 9.09.